The number of hydrogen-bond acceptors (Lipinski definition) is 5. The van der Waals surface area contributed by atoms with E-state index >= 15 is 0 Å². The van der Waals surface area contributed by atoms with Crippen LogP contribution in [0.1, 0.15) is 38.6 Å². The molecule has 1 atom stereocenters. The van der Waals surface area contributed by atoms with Gasteiger partial charge in [0.15, 0.2) is 5.82 Å². The minimum Gasteiger partial charge on any atom is -0.298 e. The molecule has 2 heterocycles. The van der Waals surface area contributed by atoms with Crippen LogP contribution in [0.25, 0.3) is 5.69 Å². The van der Waals surface area contributed by atoms with Gasteiger partial charge in [-0.1, -0.05) is 6.92 Å². The van der Waals surface area contributed by atoms with Gasteiger partial charge in [-0.15, -0.1) is 5.10 Å². The van der Waals surface area contributed by atoms with Crippen molar-refractivity contribution in [3.8, 4) is 5.69 Å². The van der Waals surface area contributed by atoms with Crippen LogP contribution in [0.3, 0.4) is 0 Å². The van der Waals surface area contributed by atoms with Crippen molar-refractivity contribution in [1.82, 2.24) is 30.0 Å². The predicted molar refractivity (Wildman–Crippen MR) is 95.4 cm³/mol. The Morgan fingerprint density at radius 3 is 2.44 bits per heavy atom. The van der Waals surface area contributed by atoms with Crippen LogP contribution in [0.2, 0.25) is 0 Å². The molecule has 0 amide bonds. The number of benzene rings is 1. The van der Waals surface area contributed by atoms with Crippen molar-refractivity contribution in [2.24, 2.45) is 0 Å². The summed E-state index contributed by atoms with van der Waals surface area (Å²) in [5, 5.41) is 11.8. The van der Waals surface area contributed by atoms with Gasteiger partial charge in [-0.25, -0.2) is 0 Å². The molecule has 0 saturated carbocycles. The quantitative estimate of drug-likeness (QED) is 0.796. The molecule has 148 valence electrons. The first-order valence-electron chi connectivity index (χ1n) is 9.22. The SMILES string of the molecule is CC[C@H]1CN(C(C)C)CCN1Cc1nnnn1-c1ccc(C(F)(F)F)cc1. The number of alkyl halides is 3. The molecule has 1 aromatic heterocycles. The zero-order valence-corrected chi connectivity index (χ0v) is 15.8. The molecule has 0 aliphatic carbocycles. The molecule has 0 N–H and O–H groups in total. The monoisotopic (exact) mass is 382 g/mol. The molecular formula is C18H25F3N6. The lowest BCUT2D eigenvalue weighted by Crippen LogP contribution is -2.54. The molecule has 3 rings (SSSR count). The van der Waals surface area contributed by atoms with Gasteiger partial charge in [-0.2, -0.15) is 17.9 Å². The Morgan fingerprint density at radius 1 is 1.15 bits per heavy atom. The number of tetrazole rings is 1. The van der Waals surface area contributed by atoms with Gasteiger partial charge >= 0.3 is 6.18 Å². The summed E-state index contributed by atoms with van der Waals surface area (Å²) in [6.07, 6.45) is -3.34. The molecule has 1 saturated heterocycles. The maximum Gasteiger partial charge on any atom is 0.416 e. The fourth-order valence-corrected chi connectivity index (χ4v) is 3.46. The zero-order valence-electron chi connectivity index (χ0n) is 15.8. The minimum atomic E-state index is -4.35. The summed E-state index contributed by atoms with van der Waals surface area (Å²) in [5.41, 5.74) is -0.159. The second-order valence-electron chi connectivity index (χ2n) is 7.17. The molecule has 2 aromatic rings. The molecule has 1 aliphatic rings. The van der Waals surface area contributed by atoms with Gasteiger partial charge in [0.2, 0.25) is 0 Å². The van der Waals surface area contributed by atoms with E-state index in [2.05, 4.69) is 46.1 Å². The Hall–Kier alpha value is -2.00. The van der Waals surface area contributed by atoms with E-state index in [1.54, 1.807) is 0 Å². The highest BCUT2D eigenvalue weighted by molar-refractivity contribution is 5.35. The summed E-state index contributed by atoms with van der Waals surface area (Å²) in [6, 6.07) is 5.82. The van der Waals surface area contributed by atoms with Crippen LogP contribution >= 0.6 is 0 Å². The third-order valence-corrected chi connectivity index (χ3v) is 5.16. The lowest BCUT2D eigenvalue weighted by molar-refractivity contribution is -0.137. The molecule has 0 unspecified atom stereocenters. The van der Waals surface area contributed by atoms with Crippen molar-refractivity contribution in [2.75, 3.05) is 19.6 Å². The third-order valence-electron chi connectivity index (χ3n) is 5.16. The summed E-state index contributed by atoms with van der Waals surface area (Å²) in [7, 11) is 0. The number of aromatic nitrogens is 4. The van der Waals surface area contributed by atoms with E-state index in [0.717, 1.165) is 38.2 Å². The fraction of sp³-hybridized carbons (Fsp3) is 0.611. The Balaban J connectivity index is 1.75. The van der Waals surface area contributed by atoms with E-state index in [4.69, 9.17) is 0 Å². The summed E-state index contributed by atoms with van der Waals surface area (Å²) in [5.74, 6) is 0.631. The summed E-state index contributed by atoms with van der Waals surface area (Å²) >= 11 is 0. The summed E-state index contributed by atoms with van der Waals surface area (Å²) in [4.78, 5) is 4.81. The van der Waals surface area contributed by atoms with Crippen LogP contribution in [0.4, 0.5) is 13.2 Å². The number of rotatable bonds is 5. The van der Waals surface area contributed by atoms with E-state index in [1.807, 2.05) is 0 Å². The van der Waals surface area contributed by atoms with Gasteiger partial charge < -0.3 is 0 Å². The highest BCUT2D eigenvalue weighted by Gasteiger charge is 2.31. The Bertz CT molecular complexity index is 740. The first kappa shape index (κ1) is 19.8. The maximum atomic E-state index is 12.8. The molecule has 0 bridgehead atoms. The average molecular weight is 382 g/mol. The van der Waals surface area contributed by atoms with Gasteiger partial charge in [0.05, 0.1) is 17.8 Å². The number of hydrogen-bond donors (Lipinski definition) is 0. The van der Waals surface area contributed by atoms with Crippen molar-refractivity contribution in [3.63, 3.8) is 0 Å². The molecule has 1 fully saturated rings. The van der Waals surface area contributed by atoms with Crippen molar-refractivity contribution in [3.05, 3.63) is 35.7 Å². The Labute approximate surface area is 156 Å². The van der Waals surface area contributed by atoms with Gasteiger partial charge in [0, 0.05) is 31.7 Å². The highest BCUT2D eigenvalue weighted by atomic mass is 19.4. The molecule has 0 spiro atoms. The van der Waals surface area contributed by atoms with E-state index in [-0.39, 0.29) is 0 Å². The number of halogens is 3. The third kappa shape index (κ3) is 4.47. The van der Waals surface area contributed by atoms with Crippen molar-refractivity contribution in [1.29, 1.82) is 0 Å². The van der Waals surface area contributed by atoms with Crippen LogP contribution in [-0.4, -0.2) is 61.7 Å². The molecule has 9 heteroatoms. The van der Waals surface area contributed by atoms with Crippen LogP contribution in [0.15, 0.2) is 24.3 Å². The number of piperazine rings is 1. The van der Waals surface area contributed by atoms with Gasteiger partial charge in [0.1, 0.15) is 0 Å². The van der Waals surface area contributed by atoms with Crippen molar-refractivity contribution in [2.45, 2.75) is 52.0 Å². The second-order valence-corrected chi connectivity index (χ2v) is 7.17. The molecule has 0 radical (unpaired) electrons. The van der Waals surface area contributed by atoms with Gasteiger partial charge in [-0.3, -0.25) is 9.80 Å². The van der Waals surface area contributed by atoms with Gasteiger partial charge in [0.25, 0.3) is 0 Å². The molecular weight excluding hydrogens is 357 g/mol. The normalized spacial score (nSPS) is 19.7. The first-order valence-corrected chi connectivity index (χ1v) is 9.22. The minimum absolute atomic E-state index is 0.402. The highest BCUT2D eigenvalue weighted by Crippen LogP contribution is 2.29. The smallest absolute Gasteiger partial charge is 0.298 e. The standard InChI is InChI=1S/C18H25F3N6/c1-4-15-11-25(13(2)3)9-10-26(15)12-17-22-23-24-27(17)16-7-5-14(6-8-16)18(19,20)21/h5-8,13,15H,4,9-12H2,1-3H3/t15-/m0/s1. The lowest BCUT2D eigenvalue weighted by Gasteiger charge is -2.42. The molecule has 6 nitrogen and oxygen atoms in total. The second kappa shape index (κ2) is 7.93. The summed E-state index contributed by atoms with van der Waals surface area (Å²) in [6.45, 7) is 10.0. The molecule has 27 heavy (non-hydrogen) atoms. The van der Waals surface area contributed by atoms with Crippen LogP contribution < -0.4 is 0 Å². The molecule has 1 aromatic carbocycles. The van der Waals surface area contributed by atoms with Crippen LogP contribution in [-0.2, 0) is 12.7 Å². The van der Waals surface area contributed by atoms with E-state index < -0.39 is 11.7 Å². The topological polar surface area (TPSA) is 50.1 Å². The van der Waals surface area contributed by atoms with Crippen LogP contribution in [0.5, 0.6) is 0 Å². The van der Waals surface area contributed by atoms with E-state index in [0.29, 0.717) is 30.1 Å². The van der Waals surface area contributed by atoms with Gasteiger partial charge in [-0.05, 0) is 55.0 Å². The zero-order chi connectivity index (χ0) is 19.6. The average Bonchev–Trinajstić information content (AvgIpc) is 3.09. The van der Waals surface area contributed by atoms with Crippen LogP contribution in [0, 0.1) is 0 Å². The van der Waals surface area contributed by atoms with E-state index in [9.17, 15) is 13.2 Å². The largest absolute Gasteiger partial charge is 0.416 e. The number of nitrogens with zero attached hydrogens (tertiary/aromatic N) is 6. The Kier molecular flexibility index (Phi) is 5.81. The lowest BCUT2D eigenvalue weighted by atomic mass is 10.1. The summed E-state index contributed by atoms with van der Waals surface area (Å²) < 4.78 is 39.8. The van der Waals surface area contributed by atoms with Crippen molar-refractivity contribution < 1.29 is 13.2 Å². The van der Waals surface area contributed by atoms with E-state index in [1.165, 1.54) is 16.8 Å². The van der Waals surface area contributed by atoms with Crippen molar-refractivity contribution >= 4 is 0 Å². The fourth-order valence-electron chi connectivity index (χ4n) is 3.46. The first-order chi connectivity index (χ1) is 12.8. The maximum absolute atomic E-state index is 12.8. The predicted octanol–water partition coefficient (Wildman–Crippen LogP) is 2.99. The molecule has 1 aliphatic heterocycles. The Morgan fingerprint density at radius 2 is 1.85 bits per heavy atom.